The molecule has 1 aromatic rings. The lowest BCUT2D eigenvalue weighted by atomic mass is 10.1. The highest BCUT2D eigenvalue weighted by Gasteiger charge is 2.31. The molecule has 21 heavy (non-hydrogen) atoms. The smallest absolute Gasteiger partial charge is 0.251 e. The molecular weight excluding hydrogens is 312 g/mol. The van der Waals surface area contributed by atoms with Crippen molar-refractivity contribution in [1.29, 1.82) is 0 Å². The van der Waals surface area contributed by atoms with Crippen LogP contribution >= 0.6 is 12.4 Å². The zero-order chi connectivity index (χ0) is 14.9. The van der Waals surface area contributed by atoms with Gasteiger partial charge in [0.25, 0.3) is 5.91 Å². The van der Waals surface area contributed by atoms with Crippen molar-refractivity contribution in [2.24, 2.45) is 11.7 Å². The van der Waals surface area contributed by atoms with Crippen LogP contribution in [-0.2, 0) is 9.84 Å². The number of hydrogen-bond acceptors (Lipinski definition) is 4. The Morgan fingerprint density at radius 2 is 2.05 bits per heavy atom. The number of halogens is 1. The Morgan fingerprint density at radius 3 is 2.52 bits per heavy atom. The summed E-state index contributed by atoms with van der Waals surface area (Å²) in [5, 5.41) is 2.88. The first-order valence-corrected chi connectivity index (χ1v) is 8.53. The Hall–Kier alpha value is -1.11. The number of rotatable bonds is 5. The summed E-state index contributed by atoms with van der Waals surface area (Å²) >= 11 is 0. The molecule has 0 bridgehead atoms. The van der Waals surface area contributed by atoms with Gasteiger partial charge < -0.3 is 11.1 Å². The summed E-state index contributed by atoms with van der Waals surface area (Å²) in [6, 6.07) is 4.70. The maximum absolute atomic E-state index is 12.2. The van der Waals surface area contributed by atoms with Crippen LogP contribution in [0, 0.1) is 12.8 Å². The molecule has 7 heteroatoms. The molecule has 1 aliphatic rings. The van der Waals surface area contributed by atoms with Crippen LogP contribution in [0.15, 0.2) is 23.1 Å². The second-order valence-corrected chi connectivity index (χ2v) is 7.39. The third-order valence-corrected chi connectivity index (χ3v) is 4.85. The van der Waals surface area contributed by atoms with Gasteiger partial charge in [-0.15, -0.1) is 12.4 Å². The van der Waals surface area contributed by atoms with Gasteiger partial charge in [0.15, 0.2) is 9.84 Å². The van der Waals surface area contributed by atoms with E-state index < -0.39 is 9.84 Å². The average Bonchev–Trinajstić information content (AvgIpc) is 3.19. The molecule has 5 nitrogen and oxygen atoms in total. The molecular formula is C14H21ClN2O3S. The molecule has 0 spiro atoms. The molecule has 0 saturated heterocycles. The summed E-state index contributed by atoms with van der Waals surface area (Å²) in [6.07, 6.45) is 3.32. The second kappa shape index (κ2) is 6.77. The molecule has 1 atom stereocenters. The molecule has 3 N–H and O–H groups in total. The first kappa shape index (κ1) is 17.9. The fourth-order valence-electron chi connectivity index (χ4n) is 2.26. The van der Waals surface area contributed by atoms with Crippen LogP contribution in [0.2, 0.25) is 0 Å². The fraction of sp³-hybridized carbons (Fsp3) is 0.500. The number of amides is 1. The molecule has 0 aliphatic heterocycles. The highest BCUT2D eigenvalue weighted by Crippen LogP contribution is 2.32. The molecule has 1 aromatic carbocycles. The third-order valence-electron chi connectivity index (χ3n) is 3.61. The maximum atomic E-state index is 12.2. The van der Waals surface area contributed by atoms with Crippen molar-refractivity contribution in [3.63, 3.8) is 0 Å². The Morgan fingerprint density at radius 1 is 1.43 bits per heavy atom. The lowest BCUT2D eigenvalue weighted by molar-refractivity contribution is 0.0933. The molecule has 1 fully saturated rings. The minimum atomic E-state index is -3.33. The highest BCUT2D eigenvalue weighted by molar-refractivity contribution is 7.90. The number of sulfone groups is 1. The van der Waals surface area contributed by atoms with E-state index in [1.165, 1.54) is 6.07 Å². The predicted molar refractivity (Wildman–Crippen MR) is 84.6 cm³/mol. The quantitative estimate of drug-likeness (QED) is 0.850. The van der Waals surface area contributed by atoms with Gasteiger partial charge in [-0.3, -0.25) is 4.79 Å². The van der Waals surface area contributed by atoms with Crippen molar-refractivity contribution in [3.05, 3.63) is 29.3 Å². The monoisotopic (exact) mass is 332 g/mol. The molecule has 2 rings (SSSR count). The largest absolute Gasteiger partial charge is 0.348 e. The molecule has 0 radical (unpaired) electrons. The number of carbonyl (C=O) groups is 1. The van der Waals surface area contributed by atoms with E-state index in [4.69, 9.17) is 5.73 Å². The SMILES string of the molecule is Cc1ccc(C(=O)NC(CN)C2CC2)cc1S(C)(=O)=O.Cl. The van der Waals surface area contributed by atoms with Gasteiger partial charge in [0.1, 0.15) is 0 Å². The second-order valence-electron chi connectivity index (χ2n) is 5.41. The Labute approximate surface area is 131 Å². The van der Waals surface area contributed by atoms with E-state index in [-0.39, 0.29) is 29.3 Å². The third kappa shape index (κ3) is 4.43. The topological polar surface area (TPSA) is 89.3 Å². The van der Waals surface area contributed by atoms with E-state index in [1.54, 1.807) is 19.1 Å². The molecule has 1 unspecified atom stereocenters. The molecule has 1 saturated carbocycles. The standard InChI is InChI=1S/C14H20N2O3S.ClH/c1-9-3-4-11(7-13(9)20(2,18)19)14(17)16-12(8-15)10-5-6-10;/h3-4,7,10,12H,5-6,8,15H2,1-2H3,(H,16,17);1H. The summed E-state index contributed by atoms with van der Waals surface area (Å²) in [7, 11) is -3.33. The molecule has 118 valence electrons. The predicted octanol–water partition coefficient (Wildman–Crippen LogP) is 1.29. The summed E-state index contributed by atoms with van der Waals surface area (Å²) in [5.41, 5.74) is 6.65. The van der Waals surface area contributed by atoms with Crippen molar-refractivity contribution in [2.75, 3.05) is 12.8 Å². The van der Waals surface area contributed by atoms with E-state index >= 15 is 0 Å². The number of nitrogens with two attached hydrogens (primary N) is 1. The van der Waals surface area contributed by atoms with Gasteiger partial charge in [-0.05, 0) is 43.4 Å². The highest BCUT2D eigenvalue weighted by atomic mass is 35.5. The number of hydrogen-bond donors (Lipinski definition) is 2. The van der Waals surface area contributed by atoms with Gasteiger partial charge in [-0.2, -0.15) is 0 Å². The van der Waals surface area contributed by atoms with Crippen LogP contribution < -0.4 is 11.1 Å². The molecule has 0 heterocycles. The van der Waals surface area contributed by atoms with Crippen molar-refractivity contribution in [2.45, 2.75) is 30.7 Å². The number of aryl methyl sites for hydroxylation is 1. The zero-order valence-electron chi connectivity index (χ0n) is 12.1. The van der Waals surface area contributed by atoms with E-state index in [2.05, 4.69) is 5.32 Å². The Balaban J connectivity index is 0.00000220. The summed E-state index contributed by atoms with van der Waals surface area (Å²) in [4.78, 5) is 12.4. The van der Waals surface area contributed by atoms with Crippen LogP contribution in [-0.4, -0.2) is 33.2 Å². The summed E-state index contributed by atoms with van der Waals surface area (Å²) < 4.78 is 23.3. The van der Waals surface area contributed by atoms with Crippen LogP contribution in [0.3, 0.4) is 0 Å². The van der Waals surface area contributed by atoms with Gasteiger partial charge >= 0.3 is 0 Å². The van der Waals surface area contributed by atoms with Crippen LogP contribution in [0.4, 0.5) is 0 Å². The van der Waals surface area contributed by atoms with Gasteiger partial charge in [-0.1, -0.05) is 6.07 Å². The van der Waals surface area contributed by atoms with Crippen LogP contribution in [0.1, 0.15) is 28.8 Å². The minimum absolute atomic E-state index is 0. The van der Waals surface area contributed by atoms with Crippen molar-refractivity contribution in [3.8, 4) is 0 Å². The Kier molecular flexibility index (Phi) is 5.78. The number of nitrogens with one attached hydrogen (secondary N) is 1. The van der Waals surface area contributed by atoms with E-state index in [9.17, 15) is 13.2 Å². The number of carbonyl (C=O) groups excluding carboxylic acids is 1. The van der Waals surface area contributed by atoms with Crippen molar-refractivity contribution < 1.29 is 13.2 Å². The first-order valence-electron chi connectivity index (χ1n) is 6.64. The maximum Gasteiger partial charge on any atom is 0.251 e. The van der Waals surface area contributed by atoms with Gasteiger partial charge in [0.05, 0.1) is 4.90 Å². The fourth-order valence-corrected chi connectivity index (χ4v) is 3.25. The van der Waals surface area contributed by atoms with E-state index in [0.717, 1.165) is 19.1 Å². The lowest BCUT2D eigenvalue weighted by Gasteiger charge is -2.16. The summed E-state index contributed by atoms with van der Waals surface area (Å²) in [6.45, 7) is 2.12. The molecule has 1 aliphatic carbocycles. The minimum Gasteiger partial charge on any atom is -0.348 e. The van der Waals surface area contributed by atoms with Crippen molar-refractivity contribution >= 4 is 28.2 Å². The van der Waals surface area contributed by atoms with E-state index in [0.29, 0.717) is 23.6 Å². The lowest BCUT2D eigenvalue weighted by Crippen LogP contribution is -2.41. The first-order chi connectivity index (χ1) is 9.32. The van der Waals surface area contributed by atoms with Gasteiger partial charge in [0, 0.05) is 24.4 Å². The van der Waals surface area contributed by atoms with Gasteiger partial charge in [0.2, 0.25) is 0 Å². The zero-order valence-corrected chi connectivity index (χ0v) is 13.8. The van der Waals surface area contributed by atoms with Crippen LogP contribution in [0.25, 0.3) is 0 Å². The average molecular weight is 333 g/mol. The summed E-state index contributed by atoms with van der Waals surface area (Å²) in [5.74, 6) is 0.195. The molecule has 0 aromatic heterocycles. The van der Waals surface area contributed by atoms with Gasteiger partial charge in [-0.25, -0.2) is 8.42 Å². The van der Waals surface area contributed by atoms with Crippen molar-refractivity contribution in [1.82, 2.24) is 5.32 Å². The Bertz CT molecular complexity index is 627. The van der Waals surface area contributed by atoms with E-state index in [1.807, 2.05) is 0 Å². The number of benzene rings is 1. The molecule has 1 amide bonds. The normalized spacial score (nSPS) is 16.0. The van der Waals surface area contributed by atoms with Crippen LogP contribution in [0.5, 0.6) is 0 Å².